The first-order valence-corrected chi connectivity index (χ1v) is 13.3. The lowest BCUT2D eigenvalue weighted by Crippen LogP contribution is -2.32. The Bertz CT molecular complexity index is 997. The van der Waals surface area contributed by atoms with E-state index in [9.17, 15) is 18.0 Å². The van der Waals surface area contributed by atoms with Gasteiger partial charge >= 0.3 is 6.36 Å². The van der Waals surface area contributed by atoms with Crippen LogP contribution in [0, 0.1) is 18.8 Å². The van der Waals surface area contributed by atoms with Gasteiger partial charge in [-0.25, -0.2) is 15.0 Å². The lowest BCUT2D eigenvalue weighted by molar-refractivity contribution is -0.330. The van der Waals surface area contributed by atoms with Crippen molar-refractivity contribution in [3.63, 3.8) is 0 Å². The number of amides is 1. The first-order valence-electron chi connectivity index (χ1n) is 11.6. The Hall–Kier alpha value is -1.69. The lowest BCUT2D eigenvalue weighted by atomic mass is 9.81. The van der Waals surface area contributed by atoms with Crippen LogP contribution in [0.5, 0.6) is 0 Å². The first kappa shape index (κ1) is 25.4. The Morgan fingerprint density at radius 2 is 2.09 bits per heavy atom. The van der Waals surface area contributed by atoms with Crippen LogP contribution in [-0.2, 0) is 35.5 Å². The number of halogens is 3. The summed E-state index contributed by atoms with van der Waals surface area (Å²) in [7, 11) is 0. The second-order valence-corrected chi connectivity index (χ2v) is 11.5. The van der Waals surface area contributed by atoms with E-state index in [1.807, 2.05) is 13.1 Å². The Labute approximate surface area is 205 Å². The quantitative estimate of drug-likeness (QED) is 0.445. The zero-order valence-corrected chi connectivity index (χ0v) is 20.8. The number of ether oxygens (including phenoxy) is 1. The second-order valence-electron chi connectivity index (χ2n) is 9.00. The Balaban J connectivity index is 1.15. The Kier molecular flexibility index (Phi) is 8.49. The molecular formula is C23H29F3N4O2S2. The van der Waals surface area contributed by atoms with Gasteiger partial charge in [0.2, 0.25) is 0 Å². The summed E-state index contributed by atoms with van der Waals surface area (Å²) < 4.78 is 40.7. The van der Waals surface area contributed by atoms with Gasteiger partial charge in [-0.15, -0.1) is 35.8 Å². The molecule has 0 atom stereocenters. The van der Waals surface area contributed by atoms with Crippen LogP contribution in [0.2, 0.25) is 0 Å². The fourth-order valence-electron chi connectivity index (χ4n) is 4.56. The van der Waals surface area contributed by atoms with Crippen molar-refractivity contribution in [1.29, 1.82) is 0 Å². The molecule has 0 radical (unpaired) electrons. The number of alkyl halides is 3. The summed E-state index contributed by atoms with van der Waals surface area (Å²) >= 11 is 2.87. The van der Waals surface area contributed by atoms with Gasteiger partial charge in [-0.3, -0.25) is 14.4 Å². The molecule has 0 bridgehead atoms. The van der Waals surface area contributed by atoms with Crippen LogP contribution in [-0.4, -0.2) is 46.4 Å². The van der Waals surface area contributed by atoms with E-state index < -0.39 is 13.0 Å². The molecule has 1 fully saturated rings. The molecular weight excluding hydrogens is 485 g/mol. The number of carbonyl (C=O) groups excluding carboxylic acids is 1. The summed E-state index contributed by atoms with van der Waals surface area (Å²) in [5, 5.41) is 1.35. The minimum absolute atomic E-state index is 0.106. The summed E-state index contributed by atoms with van der Waals surface area (Å²) in [6.45, 7) is 4.00. The van der Waals surface area contributed by atoms with Gasteiger partial charge in [-0.05, 0) is 63.8 Å². The zero-order valence-electron chi connectivity index (χ0n) is 19.1. The van der Waals surface area contributed by atoms with Gasteiger partial charge in [0.25, 0.3) is 5.91 Å². The maximum atomic E-state index is 12.3. The van der Waals surface area contributed by atoms with Crippen molar-refractivity contribution < 1.29 is 22.7 Å². The van der Waals surface area contributed by atoms with Crippen molar-refractivity contribution in [2.24, 2.45) is 16.8 Å². The van der Waals surface area contributed by atoms with Crippen LogP contribution in [0.3, 0.4) is 0 Å². The third-order valence-electron chi connectivity index (χ3n) is 6.38. The maximum Gasteiger partial charge on any atom is 0.522 e. The number of aryl methyl sites for hydroxylation is 1. The van der Waals surface area contributed by atoms with E-state index in [1.54, 1.807) is 6.20 Å². The standard InChI is InChI=1S/C23H29F3N4O2S2/c1-15-27-12-18(33-15)10-21(31)28-11-17-4-2-16(3-5-17)6-8-30-9-7-20-19(13-30)29-22(34-20)14-32-23(24,25)26/h11-12,16-17H,2-10,13-14H2,1H3. The highest BCUT2D eigenvalue weighted by Gasteiger charge is 2.30. The minimum atomic E-state index is -4.63. The molecule has 1 amide bonds. The smallest absolute Gasteiger partial charge is 0.297 e. The van der Waals surface area contributed by atoms with Crippen molar-refractivity contribution in [3.05, 3.63) is 31.7 Å². The molecule has 2 aromatic heterocycles. The average molecular weight is 515 g/mol. The van der Waals surface area contributed by atoms with E-state index in [4.69, 9.17) is 0 Å². The molecule has 4 rings (SSSR count). The molecule has 1 saturated carbocycles. The van der Waals surface area contributed by atoms with Gasteiger partial charge in [0.1, 0.15) is 11.6 Å². The van der Waals surface area contributed by atoms with Crippen molar-refractivity contribution in [1.82, 2.24) is 14.9 Å². The second kappa shape index (κ2) is 11.4. The monoisotopic (exact) mass is 514 g/mol. The number of thiazole rings is 2. The SMILES string of the molecule is Cc1ncc(CC(=O)N=CC2CCC(CCN3CCc4sc(COC(F)(F)F)nc4C3)CC2)s1. The summed E-state index contributed by atoms with van der Waals surface area (Å²) in [6, 6.07) is 0. The zero-order chi connectivity index (χ0) is 24.1. The van der Waals surface area contributed by atoms with E-state index in [0.29, 0.717) is 29.8 Å². The predicted octanol–water partition coefficient (Wildman–Crippen LogP) is 5.34. The van der Waals surface area contributed by atoms with Crippen molar-refractivity contribution in [2.45, 2.75) is 71.4 Å². The molecule has 1 aliphatic heterocycles. The largest absolute Gasteiger partial charge is 0.522 e. The number of rotatable bonds is 8. The average Bonchev–Trinajstić information content (AvgIpc) is 3.40. The molecule has 34 heavy (non-hydrogen) atoms. The molecule has 1 aliphatic carbocycles. The molecule has 2 aromatic rings. The predicted molar refractivity (Wildman–Crippen MR) is 126 cm³/mol. The van der Waals surface area contributed by atoms with Gasteiger partial charge < -0.3 is 0 Å². The molecule has 186 valence electrons. The summed E-state index contributed by atoms with van der Waals surface area (Å²) in [6.07, 6.45) is 5.61. The molecule has 6 nitrogen and oxygen atoms in total. The molecule has 0 aromatic carbocycles. The summed E-state index contributed by atoms with van der Waals surface area (Å²) in [5.41, 5.74) is 0.898. The van der Waals surface area contributed by atoms with Gasteiger partial charge in [0, 0.05) is 35.3 Å². The topological polar surface area (TPSA) is 67.7 Å². The Morgan fingerprint density at radius 3 is 2.79 bits per heavy atom. The van der Waals surface area contributed by atoms with E-state index in [-0.39, 0.29) is 5.91 Å². The summed E-state index contributed by atoms with van der Waals surface area (Å²) in [4.78, 5) is 29.2. The number of nitrogens with zero attached hydrogens (tertiary/aromatic N) is 4. The van der Waals surface area contributed by atoms with Crippen LogP contribution < -0.4 is 0 Å². The van der Waals surface area contributed by atoms with Crippen molar-refractivity contribution in [3.8, 4) is 0 Å². The number of aliphatic imine (C=N–C) groups is 1. The van der Waals surface area contributed by atoms with E-state index in [1.165, 1.54) is 22.7 Å². The van der Waals surface area contributed by atoms with Crippen LogP contribution in [0.1, 0.15) is 57.6 Å². The van der Waals surface area contributed by atoms with Gasteiger partial charge in [-0.2, -0.15) is 0 Å². The van der Waals surface area contributed by atoms with Crippen molar-refractivity contribution in [2.75, 3.05) is 13.1 Å². The molecule has 2 aliphatic rings. The molecule has 0 spiro atoms. The number of carbonyl (C=O) groups is 1. The highest BCUT2D eigenvalue weighted by atomic mass is 32.1. The van der Waals surface area contributed by atoms with Crippen LogP contribution in [0.25, 0.3) is 0 Å². The summed E-state index contributed by atoms with van der Waals surface area (Å²) in [5.74, 6) is 0.923. The molecule has 0 N–H and O–H groups in total. The minimum Gasteiger partial charge on any atom is -0.297 e. The third-order valence-corrected chi connectivity index (χ3v) is 8.42. The van der Waals surface area contributed by atoms with Gasteiger partial charge in [0.15, 0.2) is 0 Å². The van der Waals surface area contributed by atoms with E-state index in [0.717, 1.165) is 72.1 Å². The highest BCUT2D eigenvalue weighted by Crippen LogP contribution is 2.32. The maximum absolute atomic E-state index is 12.3. The molecule has 0 unspecified atom stereocenters. The number of hydrogen-bond donors (Lipinski definition) is 0. The number of hydrogen-bond acceptors (Lipinski definition) is 7. The van der Waals surface area contributed by atoms with E-state index in [2.05, 4.69) is 24.6 Å². The van der Waals surface area contributed by atoms with Gasteiger partial charge in [-0.1, -0.05) is 0 Å². The van der Waals surface area contributed by atoms with Crippen LogP contribution in [0.4, 0.5) is 13.2 Å². The third kappa shape index (κ3) is 7.66. The highest BCUT2D eigenvalue weighted by molar-refractivity contribution is 7.12. The normalized spacial score (nSPS) is 21.8. The number of aromatic nitrogens is 2. The van der Waals surface area contributed by atoms with Crippen LogP contribution >= 0.6 is 22.7 Å². The van der Waals surface area contributed by atoms with Gasteiger partial charge in [0.05, 0.1) is 17.1 Å². The fourth-order valence-corrected chi connectivity index (χ4v) is 6.33. The van der Waals surface area contributed by atoms with Crippen molar-refractivity contribution >= 4 is 34.8 Å². The fraction of sp³-hybridized carbons (Fsp3) is 0.652. The Morgan fingerprint density at radius 1 is 1.29 bits per heavy atom. The molecule has 11 heteroatoms. The number of fused-ring (bicyclic) bond motifs is 1. The molecule has 3 heterocycles. The lowest BCUT2D eigenvalue weighted by Gasteiger charge is -2.30. The van der Waals surface area contributed by atoms with Crippen LogP contribution in [0.15, 0.2) is 11.2 Å². The first-order chi connectivity index (χ1) is 16.2. The van der Waals surface area contributed by atoms with E-state index >= 15 is 0 Å². The molecule has 0 saturated heterocycles.